The lowest BCUT2D eigenvalue weighted by Crippen LogP contribution is -2.32. The molecule has 1 atom stereocenters. The van der Waals surface area contributed by atoms with Crippen LogP contribution < -0.4 is 16.0 Å². The number of allylic oxidation sites excluding steroid dienone is 1. The molecule has 0 radical (unpaired) electrons. The Hall–Kier alpha value is -5.25. The molecule has 4 aromatic rings. The van der Waals surface area contributed by atoms with Crippen molar-refractivity contribution in [2.24, 2.45) is 0 Å². The summed E-state index contributed by atoms with van der Waals surface area (Å²) in [5, 5.41) is 25.0. The number of fused-ring (bicyclic) bond motifs is 1. The van der Waals surface area contributed by atoms with Crippen LogP contribution in [-0.4, -0.2) is 26.5 Å². The van der Waals surface area contributed by atoms with E-state index in [4.69, 9.17) is 0 Å². The zero-order valence-corrected chi connectivity index (χ0v) is 21.6. The molecular formula is C29H26N6O4. The Morgan fingerprint density at radius 1 is 0.949 bits per heavy atom. The van der Waals surface area contributed by atoms with Gasteiger partial charge in [-0.2, -0.15) is 5.10 Å². The number of non-ortho nitro benzene ring substituents is 1. The van der Waals surface area contributed by atoms with Crippen LogP contribution in [0.3, 0.4) is 0 Å². The number of aromatic nitrogens is 2. The SMILES string of the molecule is CC1=C(C(=O)Nc2ccc(C)cc2C)[C@H](c2cccc([N+](=O)[O-])c2)n2ncc(C(=O)Nc3ccccc3)c2N1. The van der Waals surface area contributed by atoms with Crippen LogP contribution in [0.1, 0.15) is 40.0 Å². The average molecular weight is 523 g/mol. The molecule has 2 heterocycles. The molecule has 0 saturated carbocycles. The molecule has 39 heavy (non-hydrogen) atoms. The van der Waals surface area contributed by atoms with Crippen LogP contribution in [0.25, 0.3) is 0 Å². The van der Waals surface area contributed by atoms with Crippen LogP contribution in [0.15, 0.2) is 90.3 Å². The van der Waals surface area contributed by atoms with Crippen molar-refractivity contribution in [3.8, 4) is 0 Å². The normalized spacial score (nSPS) is 14.3. The van der Waals surface area contributed by atoms with Crippen molar-refractivity contribution in [2.45, 2.75) is 26.8 Å². The average Bonchev–Trinajstić information content (AvgIpc) is 3.33. The highest BCUT2D eigenvalue weighted by Crippen LogP contribution is 2.39. The van der Waals surface area contributed by atoms with Gasteiger partial charge in [-0.15, -0.1) is 0 Å². The second-order valence-corrected chi connectivity index (χ2v) is 9.36. The van der Waals surface area contributed by atoms with E-state index in [-0.39, 0.29) is 23.1 Å². The van der Waals surface area contributed by atoms with Gasteiger partial charge >= 0.3 is 0 Å². The van der Waals surface area contributed by atoms with Crippen molar-refractivity contribution >= 4 is 34.7 Å². The van der Waals surface area contributed by atoms with Gasteiger partial charge in [0.1, 0.15) is 17.4 Å². The van der Waals surface area contributed by atoms with Crippen molar-refractivity contribution in [3.05, 3.63) is 123 Å². The molecule has 1 aliphatic heterocycles. The number of hydrogen-bond acceptors (Lipinski definition) is 6. The molecule has 5 rings (SSSR count). The number of nitrogens with zero attached hydrogens (tertiary/aromatic N) is 3. The van der Waals surface area contributed by atoms with Crippen molar-refractivity contribution in [3.63, 3.8) is 0 Å². The van der Waals surface area contributed by atoms with Crippen LogP contribution in [-0.2, 0) is 4.79 Å². The van der Waals surface area contributed by atoms with E-state index in [9.17, 15) is 19.7 Å². The van der Waals surface area contributed by atoms with Gasteiger partial charge in [0.05, 0.1) is 16.7 Å². The predicted molar refractivity (Wildman–Crippen MR) is 149 cm³/mol. The van der Waals surface area contributed by atoms with Crippen LogP contribution in [0.5, 0.6) is 0 Å². The summed E-state index contributed by atoms with van der Waals surface area (Å²) < 4.78 is 1.52. The predicted octanol–water partition coefficient (Wildman–Crippen LogP) is 5.59. The summed E-state index contributed by atoms with van der Waals surface area (Å²) in [5.74, 6) is -0.399. The molecule has 1 aromatic heterocycles. The molecule has 3 aromatic carbocycles. The highest BCUT2D eigenvalue weighted by Gasteiger charge is 2.36. The molecule has 0 bridgehead atoms. The zero-order valence-electron chi connectivity index (χ0n) is 21.6. The fourth-order valence-electron chi connectivity index (χ4n) is 4.70. The number of nitrogens with one attached hydrogen (secondary N) is 3. The second-order valence-electron chi connectivity index (χ2n) is 9.36. The third-order valence-corrected chi connectivity index (χ3v) is 6.57. The van der Waals surface area contributed by atoms with Gasteiger partial charge in [-0.3, -0.25) is 19.7 Å². The largest absolute Gasteiger partial charge is 0.343 e. The summed E-state index contributed by atoms with van der Waals surface area (Å²) in [6.45, 7) is 5.61. The van der Waals surface area contributed by atoms with Gasteiger partial charge in [0, 0.05) is 29.2 Å². The Bertz CT molecular complexity index is 1640. The van der Waals surface area contributed by atoms with Crippen LogP contribution in [0.4, 0.5) is 22.9 Å². The maximum Gasteiger partial charge on any atom is 0.269 e. The fourth-order valence-corrected chi connectivity index (χ4v) is 4.70. The number of aryl methyl sites for hydroxylation is 2. The lowest BCUT2D eigenvalue weighted by atomic mass is 9.94. The molecule has 10 heteroatoms. The van der Waals surface area contributed by atoms with Gasteiger partial charge in [-0.05, 0) is 50.1 Å². The second kappa shape index (κ2) is 10.3. The topological polar surface area (TPSA) is 131 Å². The Balaban J connectivity index is 1.58. The van der Waals surface area contributed by atoms with E-state index in [1.807, 2.05) is 50.2 Å². The van der Waals surface area contributed by atoms with E-state index in [1.165, 1.54) is 23.0 Å². The first kappa shape index (κ1) is 25.4. The van der Waals surface area contributed by atoms with Gasteiger partial charge in [0.2, 0.25) is 0 Å². The summed E-state index contributed by atoms with van der Waals surface area (Å²) in [6.07, 6.45) is 1.42. The lowest BCUT2D eigenvalue weighted by Gasteiger charge is -2.30. The van der Waals surface area contributed by atoms with Gasteiger partial charge in [0.15, 0.2) is 0 Å². The summed E-state index contributed by atoms with van der Waals surface area (Å²) in [5.41, 5.74) is 4.68. The van der Waals surface area contributed by atoms with Crippen molar-refractivity contribution < 1.29 is 14.5 Å². The maximum atomic E-state index is 13.7. The molecule has 1 aliphatic rings. The molecular weight excluding hydrogens is 496 g/mol. The van der Waals surface area contributed by atoms with E-state index in [1.54, 1.807) is 31.2 Å². The number of benzene rings is 3. The first-order chi connectivity index (χ1) is 18.7. The first-order valence-electron chi connectivity index (χ1n) is 12.3. The molecule has 2 amide bonds. The molecule has 0 saturated heterocycles. The quantitative estimate of drug-likeness (QED) is 0.224. The summed E-state index contributed by atoms with van der Waals surface area (Å²) in [7, 11) is 0. The monoisotopic (exact) mass is 522 g/mol. The number of para-hydroxylation sites is 1. The summed E-state index contributed by atoms with van der Waals surface area (Å²) in [4.78, 5) is 38.0. The van der Waals surface area contributed by atoms with Gasteiger partial charge in [-0.1, -0.05) is 48.0 Å². The minimum atomic E-state index is -0.829. The van der Waals surface area contributed by atoms with Crippen molar-refractivity contribution in [2.75, 3.05) is 16.0 Å². The molecule has 196 valence electrons. The standard InChI is InChI=1S/C29H26N6O4/c1-17-12-13-24(18(2)14-17)33-29(37)25-19(3)31-27-23(28(36)32-21-9-5-4-6-10-21)16-30-34(27)26(25)20-8-7-11-22(15-20)35(38)39/h4-16,26,31H,1-3H3,(H,32,36)(H,33,37)/t26-/m0/s1. The van der Waals surface area contributed by atoms with E-state index in [2.05, 4.69) is 21.0 Å². The van der Waals surface area contributed by atoms with Crippen molar-refractivity contribution in [1.82, 2.24) is 9.78 Å². The number of carbonyl (C=O) groups is 2. The third kappa shape index (κ3) is 4.99. The number of amides is 2. The number of nitro benzene ring substituents is 1. The van der Waals surface area contributed by atoms with Gasteiger partial charge in [0.25, 0.3) is 17.5 Å². The van der Waals surface area contributed by atoms with E-state index < -0.39 is 11.0 Å². The number of carbonyl (C=O) groups excluding carboxylic acids is 2. The Labute approximate surface area is 224 Å². The van der Waals surface area contributed by atoms with Crippen LogP contribution in [0.2, 0.25) is 0 Å². The molecule has 3 N–H and O–H groups in total. The minimum absolute atomic E-state index is 0.117. The fraction of sp³-hybridized carbons (Fsp3) is 0.138. The lowest BCUT2D eigenvalue weighted by molar-refractivity contribution is -0.384. The molecule has 0 spiro atoms. The highest BCUT2D eigenvalue weighted by molar-refractivity contribution is 6.09. The number of anilines is 3. The number of nitro groups is 1. The maximum absolute atomic E-state index is 13.7. The number of hydrogen-bond donors (Lipinski definition) is 3. The smallest absolute Gasteiger partial charge is 0.269 e. The Morgan fingerprint density at radius 3 is 2.44 bits per heavy atom. The summed E-state index contributed by atoms with van der Waals surface area (Å²) in [6, 6.07) is 20.0. The molecule has 0 unspecified atom stereocenters. The Kier molecular flexibility index (Phi) is 6.68. The highest BCUT2D eigenvalue weighted by atomic mass is 16.6. The molecule has 0 fully saturated rings. The van der Waals surface area contributed by atoms with E-state index in [0.717, 1.165) is 11.1 Å². The third-order valence-electron chi connectivity index (χ3n) is 6.57. The van der Waals surface area contributed by atoms with Crippen LogP contribution in [0, 0.1) is 24.0 Å². The molecule has 10 nitrogen and oxygen atoms in total. The number of rotatable bonds is 6. The van der Waals surface area contributed by atoms with E-state index in [0.29, 0.717) is 34.0 Å². The summed E-state index contributed by atoms with van der Waals surface area (Å²) >= 11 is 0. The minimum Gasteiger partial charge on any atom is -0.343 e. The van der Waals surface area contributed by atoms with Crippen molar-refractivity contribution in [1.29, 1.82) is 0 Å². The van der Waals surface area contributed by atoms with Crippen LogP contribution >= 0.6 is 0 Å². The Morgan fingerprint density at radius 2 is 1.72 bits per heavy atom. The first-order valence-corrected chi connectivity index (χ1v) is 12.3. The zero-order chi connectivity index (χ0) is 27.7. The van der Waals surface area contributed by atoms with E-state index >= 15 is 0 Å². The van der Waals surface area contributed by atoms with Gasteiger partial charge in [-0.25, -0.2) is 4.68 Å². The van der Waals surface area contributed by atoms with Gasteiger partial charge < -0.3 is 16.0 Å². The molecule has 0 aliphatic carbocycles.